The Balaban J connectivity index is 1.56. The second-order valence-corrected chi connectivity index (χ2v) is 12.3. The van der Waals surface area contributed by atoms with Crippen molar-refractivity contribution in [3.8, 4) is 16.9 Å². The third-order valence-corrected chi connectivity index (χ3v) is 9.97. The minimum Gasteiger partial charge on any atom is -0.494 e. The summed E-state index contributed by atoms with van der Waals surface area (Å²) in [5, 5.41) is -0.0979. The SMILES string of the molecule is CCOc1ccc(-c2ccc(C(C)=O)cc2)cc1CN(C(=O)c1sc2c(F)ccc(F)c2c1Cl)C1CCC(CC)CC1. The molecule has 1 aromatic heterocycles. The van der Waals surface area contributed by atoms with Gasteiger partial charge in [-0.15, -0.1) is 11.3 Å². The molecule has 1 heterocycles. The number of ketones is 1. The van der Waals surface area contributed by atoms with Crippen LogP contribution in [0.5, 0.6) is 5.75 Å². The van der Waals surface area contributed by atoms with Gasteiger partial charge in [0, 0.05) is 23.7 Å². The van der Waals surface area contributed by atoms with E-state index in [2.05, 4.69) is 6.92 Å². The number of rotatable bonds is 9. The van der Waals surface area contributed by atoms with E-state index in [1.54, 1.807) is 12.1 Å². The Morgan fingerprint density at radius 1 is 0.952 bits per heavy atom. The smallest absolute Gasteiger partial charge is 0.266 e. The van der Waals surface area contributed by atoms with E-state index in [1.165, 1.54) is 6.92 Å². The van der Waals surface area contributed by atoms with Crippen LogP contribution < -0.4 is 4.74 Å². The number of Topliss-reactive ketones (excluding diaryl/α,β-unsaturated/α-hetero) is 1. The van der Waals surface area contributed by atoms with Gasteiger partial charge in [0.1, 0.15) is 22.3 Å². The molecule has 0 saturated heterocycles. The molecule has 1 aliphatic carbocycles. The average molecular weight is 610 g/mol. The molecule has 0 spiro atoms. The van der Waals surface area contributed by atoms with Crippen molar-refractivity contribution in [1.29, 1.82) is 0 Å². The Hall–Kier alpha value is -3.29. The molecule has 220 valence electrons. The lowest BCUT2D eigenvalue weighted by atomic mass is 9.83. The van der Waals surface area contributed by atoms with Crippen molar-refractivity contribution in [3.63, 3.8) is 0 Å². The van der Waals surface area contributed by atoms with Crippen LogP contribution in [0.4, 0.5) is 8.78 Å². The summed E-state index contributed by atoms with van der Waals surface area (Å²) >= 11 is 7.49. The topological polar surface area (TPSA) is 46.6 Å². The Morgan fingerprint density at radius 3 is 2.24 bits per heavy atom. The van der Waals surface area contributed by atoms with Crippen molar-refractivity contribution in [2.45, 2.75) is 65.5 Å². The van der Waals surface area contributed by atoms with E-state index in [0.29, 0.717) is 23.8 Å². The summed E-state index contributed by atoms with van der Waals surface area (Å²) in [4.78, 5) is 28.0. The maximum Gasteiger partial charge on any atom is 0.266 e. The van der Waals surface area contributed by atoms with Gasteiger partial charge in [-0.2, -0.15) is 0 Å². The Bertz CT molecular complexity index is 1610. The van der Waals surface area contributed by atoms with Gasteiger partial charge in [0.2, 0.25) is 0 Å². The molecule has 1 amide bonds. The molecule has 1 fully saturated rings. The van der Waals surface area contributed by atoms with E-state index in [-0.39, 0.29) is 44.3 Å². The Kier molecular flexibility index (Phi) is 9.28. The van der Waals surface area contributed by atoms with Gasteiger partial charge in [0.05, 0.1) is 21.7 Å². The summed E-state index contributed by atoms with van der Waals surface area (Å²) in [5.41, 5.74) is 3.32. The lowest BCUT2D eigenvalue weighted by Gasteiger charge is -2.37. The number of fused-ring (bicyclic) bond motifs is 1. The van der Waals surface area contributed by atoms with Crippen LogP contribution in [-0.4, -0.2) is 29.2 Å². The first-order valence-electron chi connectivity index (χ1n) is 14.5. The second-order valence-electron chi connectivity index (χ2n) is 10.9. The molecule has 0 bridgehead atoms. The predicted molar refractivity (Wildman–Crippen MR) is 166 cm³/mol. The number of hydrogen-bond donors (Lipinski definition) is 0. The standard InChI is InChI=1S/C34H34ClF2NO3S/c1-4-21-6-13-26(14-7-21)38(34(40)33-31(35)30-27(36)15-16-28(37)32(30)42-33)19-25-18-24(12-17-29(25)41-5-2)23-10-8-22(9-11-23)20(3)39/h8-12,15-18,21,26H,4-7,13-14,19H2,1-3H3. The minimum absolute atomic E-state index is 0.000502. The van der Waals surface area contributed by atoms with Gasteiger partial charge >= 0.3 is 0 Å². The molecule has 0 atom stereocenters. The van der Waals surface area contributed by atoms with Crippen LogP contribution in [0, 0.1) is 17.6 Å². The van der Waals surface area contributed by atoms with Crippen LogP contribution in [0.3, 0.4) is 0 Å². The number of hydrogen-bond acceptors (Lipinski definition) is 4. The zero-order valence-corrected chi connectivity index (χ0v) is 25.6. The van der Waals surface area contributed by atoms with Gasteiger partial charge < -0.3 is 9.64 Å². The summed E-state index contributed by atoms with van der Waals surface area (Å²) in [7, 11) is 0. The zero-order valence-electron chi connectivity index (χ0n) is 24.0. The van der Waals surface area contributed by atoms with Gasteiger partial charge in [-0.3, -0.25) is 9.59 Å². The molecule has 4 nitrogen and oxygen atoms in total. The molecule has 0 aliphatic heterocycles. The summed E-state index contributed by atoms with van der Waals surface area (Å²) < 4.78 is 35.4. The third-order valence-electron chi connectivity index (χ3n) is 8.30. The second kappa shape index (κ2) is 12.9. The van der Waals surface area contributed by atoms with Gasteiger partial charge in [0.15, 0.2) is 5.78 Å². The van der Waals surface area contributed by atoms with Gasteiger partial charge in [0.25, 0.3) is 5.91 Å². The lowest BCUT2D eigenvalue weighted by Crippen LogP contribution is -2.41. The van der Waals surface area contributed by atoms with E-state index >= 15 is 0 Å². The van der Waals surface area contributed by atoms with Crippen LogP contribution >= 0.6 is 22.9 Å². The number of benzene rings is 3. The Labute approximate surface area is 254 Å². The fourth-order valence-corrected chi connectivity index (χ4v) is 7.36. The molecule has 0 radical (unpaired) electrons. The van der Waals surface area contributed by atoms with E-state index in [9.17, 15) is 18.4 Å². The third kappa shape index (κ3) is 6.09. The van der Waals surface area contributed by atoms with E-state index in [1.807, 2.05) is 42.2 Å². The van der Waals surface area contributed by atoms with E-state index in [0.717, 1.165) is 72.3 Å². The van der Waals surface area contributed by atoms with Crippen LogP contribution in [-0.2, 0) is 6.54 Å². The monoisotopic (exact) mass is 609 g/mol. The van der Waals surface area contributed by atoms with Crippen molar-refractivity contribution in [1.82, 2.24) is 4.90 Å². The lowest BCUT2D eigenvalue weighted by molar-refractivity contribution is 0.0590. The van der Waals surface area contributed by atoms with Crippen molar-refractivity contribution >= 4 is 44.7 Å². The first-order valence-corrected chi connectivity index (χ1v) is 15.6. The van der Waals surface area contributed by atoms with Crippen LogP contribution in [0.2, 0.25) is 5.02 Å². The number of thiophene rings is 1. The molecular weight excluding hydrogens is 576 g/mol. The van der Waals surface area contributed by atoms with Crippen molar-refractivity contribution in [3.05, 3.63) is 87.3 Å². The summed E-state index contributed by atoms with van der Waals surface area (Å²) in [6, 6.07) is 15.3. The van der Waals surface area contributed by atoms with Crippen molar-refractivity contribution < 1.29 is 23.1 Å². The molecule has 1 saturated carbocycles. The normalized spacial score (nSPS) is 16.9. The minimum atomic E-state index is -0.649. The van der Waals surface area contributed by atoms with Crippen molar-refractivity contribution in [2.75, 3.05) is 6.61 Å². The number of nitrogens with zero attached hydrogens (tertiary/aromatic N) is 1. The highest BCUT2D eigenvalue weighted by atomic mass is 35.5. The number of amides is 1. The molecule has 1 aliphatic rings. The van der Waals surface area contributed by atoms with Crippen LogP contribution in [0.15, 0.2) is 54.6 Å². The number of carbonyl (C=O) groups is 2. The van der Waals surface area contributed by atoms with Crippen LogP contribution in [0.25, 0.3) is 21.2 Å². The molecule has 42 heavy (non-hydrogen) atoms. The van der Waals surface area contributed by atoms with Crippen LogP contribution in [0.1, 0.15) is 78.5 Å². The maximum absolute atomic E-state index is 14.7. The molecule has 0 unspecified atom stereocenters. The fourth-order valence-electron chi connectivity index (χ4n) is 5.86. The quantitative estimate of drug-likeness (QED) is 0.177. The predicted octanol–water partition coefficient (Wildman–Crippen LogP) is 9.71. The molecule has 8 heteroatoms. The van der Waals surface area contributed by atoms with Gasteiger partial charge in [-0.05, 0) is 80.8 Å². The molecule has 0 N–H and O–H groups in total. The summed E-state index contributed by atoms with van der Waals surface area (Å²) in [6.45, 7) is 6.35. The fraction of sp³-hybridized carbons (Fsp3) is 0.353. The number of halogens is 3. The first-order chi connectivity index (χ1) is 20.2. The Morgan fingerprint density at radius 2 is 1.62 bits per heavy atom. The first kappa shape index (κ1) is 30.2. The highest BCUT2D eigenvalue weighted by Crippen LogP contribution is 2.41. The zero-order chi connectivity index (χ0) is 30.0. The number of ether oxygens (including phenoxy) is 1. The largest absolute Gasteiger partial charge is 0.494 e. The van der Waals surface area contributed by atoms with E-state index in [4.69, 9.17) is 16.3 Å². The van der Waals surface area contributed by atoms with E-state index < -0.39 is 11.6 Å². The average Bonchev–Trinajstić information content (AvgIpc) is 3.36. The van der Waals surface area contributed by atoms with Gasteiger partial charge in [-0.1, -0.05) is 55.3 Å². The maximum atomic E-state index is 14.7. The van der Waals surface area contributed by atoms with Crippen molar-refractivity contribution in [2.24, 2.45) is 5.92 Å². The number of carbonyl (C=O) groups excluding carboxylic acids is 2. The highest BCUT2D eigenvalue weighted by molar-refractivity contribution is 7.21. The summed E-state index contributed by atoms with van der Waals surface area (Å²) in [6.07, 6.45) is 4.79. The molecular formula is C34H34ClF2NO3S. The summed E-state index contributed by atoms with van der Waals surface area (Å²) in [5.74, 6) is -0.298. The highest BCUT2D eigenvalue weighted by Gasteiger charge is 2.33. The molecule has 3 aromatic carbocycles. The molecule has 4 aromatic rings. The van der Waals surface area contributed by atoms with Gasteiger partial charge in [-0.25, -0.2) is 8.78 Å². The molecule has 5 rings (SSSR count).